The van der Waals surface area contributed by atoms with Crippen LogP contribution in [0.25, 0.3) is 0 Å². The van der Waals surface area contributed by atoms with Crippen LogP contribution < -0.4 is 19.9 Å². The molecule has 1 spiro atoms. The first-order valence-electron chi connectivity index (χ1n) is 21.0. The van der Waals surface area contributed by atoms with Gasteiger partial charge in [-0.15, -0.1) is 6.58 Å². The number of nitrogens with one attached hydrogen (secondary N) is 1. The number of aromatic nitrogens is 1. The Bertz CT molecular complexity index is 1890. The smallest absolute Gasteiger partial charge is 0.243 e. The number of hydrogen-bond acceptors (Lipinski definition) is 10. The number of hydrogen-bond donors (Lipinski definition) is 2. The van der Waals surface area contributed by atoms with Gasteiger partial charge in [0.25, 0.3) is 0 Å². The van der Waals surface area contributed by atoms with Crippen LogP contribution in [0.3, 0.4) is 0 Å². The summed E-state index contributed by atoms with van der Waals surface area (Å²) in [6, 6.07) is 15.7. The molecule has 2 aromatic carbocycles. The van der Waals surface area contributed by atoms with Crippen molar-refractivity contribution in [3.8, 4) is 11.5 Å². The van der Waals surface area contributed by atoms with Gasteiger partial charge in [0, 0.05) is 69.4 Å². The maximum Gasteiger partial charge on any atom is 0.243 e. The summed E-state index contributed by atoms with van der Waals surface area (Å²) in [5, 5.41) is 11.6. The number of likely N-dealkylation sites (N-methyl/N-ethyl adjacent to an activating group) is 1. The predicted octanol–water partition coefficient (Wildman–Crippen LogP) is 6.17. The summed E-state index contributed by atoms with van der Waals surface area (Å²) in [6.45, 7) is 12.7. The minimum Gasteiger partial charge on any atom is -0.508 e. The van der Waals surface area contributed by atoms with E-state index in [0.717, 1.165) is 80.7 Å². The molecule has 9 rings (SSSR count). The number of carbonyl (C=O) groups excluding carboxylic acids is 3. The minimum atomic E-state index is -0.389. The van der Waals surface area contributed by atoms with Crippen molar-refractivity contribution in [1.29, 1.82) is 0 Å². The second-order valence-corrected chi connectivity index (χ2v) is 17.0. The number of pyridine rings is 1. The second-order valence-electron chi connectivity index (χ2n) is 17.0. The topological polar surface area (TPSA) is 119 Å². The molecule has 304 valence electrons. The number of fused-ring (bicyclic) bond motifs is 4. The zero-order valence-electron chi connectivity index (χ0n) is 33.8. The number of imide groups is 1. The monoisotopic (exact) mass is 776 g/mol. The number of piperidine rings is 1. The largest absolute Gasteiger partial charge is 0.508 e. The number of carbonyl (C=O) groups is 3. The van der Waals surface area contributed by atoms with Gasteiger partial charge in [0.2, 0.25) is 11.8 Å². The number of amides is 2. The van der Waals surface area contributed by atoms with Gasteiger partial charge in [-0.05, 0) is 131 Å². The van der Waals surface area contributed by atoms with Crippen LogP contribution in [0.15, 0.2) is 67.4 Å². The SMILES string of the molecule is C=CC.CN(Cc1cc2c(cc1C=O)OCC1CN(CC3CCC4(CC3)CN(c3ccccn3)C4)CCN21)C1CCC(=O)NC1=O.Oc1ccc2c(c1)CCCC2. The van der Waals surface area contributed by atoms with Gasteiger partial charge < -0.3 is 19.6 Å². The number of phenols is 1. The van der Waals surface area contributed by atoms with Crippen LogP contribution in [0.1, 0.15) is 85.3 Å². The fourth-order valence-electron chi connectivity index (χ4n) is 9.77. The van der Waals surface area contributed by atoms with E-state index in [1.807, 2.05) is 49.3 Å². The van der Waals surface area contributed by atoms with Crippen LogP contribution >= 0.6 is 0 Å². The molecule has 57 heavy (non-hydrogen) atoms. The van der Waals surface area contributed by atoms with Crippen LogP contribution in [-0.4, -0.2) is 103 Å². The highest BCUT2D eigenvalue weighted by Gasteiger charge is 2.46. The van der Waals surface area contributed by atoms with Crippen molar-refractivity contribution in [2.24, 2.45) is 11.3 Å². The molecule has 3 saturated heterocycles. The van der Waals surface area contributed by atoms with Gasteiger partial charge in [0.05, 0.1) is 17.8 Å². The Balaban J connectivity index is 0.000000299. The summed E-state index contributed by atoms with van der Waals surface area (Å²) in [7, 11) is 1.88. The molecule has 2 N–H and O–H groups in total. The van der Waals surface area contributed by atoms with Crippen LogP contribution in [-0.2, 0) is 29.0 Å². The van der Waals surface area contributed by atoms with Crippen LogP contribution in [0.5, 0.6) is 11.5 Å². The van der Waals surface area contributed by atoms with Crippen molar-refractivity contribution in [1.82, 2.24) is 20.1 Å². The number of aldehydes is 1. The van der Waals surface area contributed by atoms with Crippen molar-refractivity contribution < 1.29 is 24.2 Å². The van der Waals surface area contributed by atoms with Gasteiger partial charge in [-0.25, -0.2) is 4.98 Å². The number of nitrogens with zero attached hydrogens (tertiary/aromatic N) is 5. The van der Waals surface area contributed by atoms with E-state index in [2.05, 4.69) is 49.8 Å². The van der Waals surface area contributed by atoms with E-state index < -0.39 is 0 Å². The van der Waals surface area contributed by atoms with Crippen LogP contribution in [0.2, 0.25) is 0 Å². The maximum absolute atomic E-state index is 12.4. The van der Waals surface area contributed by atoms with Crippen molar-refractivity contribution in [2.75, 3.05) is 62.7 Å². The number of rotatable bonds is 7. The maximum atomic E-state index is 12.4. The number of aryl methyl sites for hydroxylation is 2. The summed E-state index contributed by atoms with van der Waals surface area (Å²) in [5.41, 5.74) is 5.75. The summed E-state index contributed by atoms with van der Waals surface area (Å²) < 4.78 is 6.22. The molecule has 5 heterocycles. The van der Waals surface area contributed by atoms with E-state index >= 15 is 0 Å². The van der Waals surface area contributed by atoms with Gasteiger partial charge in [0.1, 0.15) is 23.9 Å². The summed E-state index contributed by atoms with van der Waals surface area (Å²) in [4.78, 5) is 50.0. The van der Waals surface area contributed by atoms with E-state index in [1.54, 1.807) is 12.1 Å². The average Bonchev–Trinajstić information content (AvgIpc) is 3.21. The van der Waals surface area contributed by atoms with Gasteiger partial charge in [-0.1, -0.05) is 18.2 Å². The molecule has 3 aromatic rings. The molecular formula is C46H60N6O5. The normalized spacial score (nSPS) is 22.6. The van der Waals surface area contributed by atoms with Crippen molar-refractivity contribution in [3.05, 3.63) is 89.6 Å². The highest BCUT2D eigenvalue weighted by Crippen LogP contribution is 2.47. The van der Waals surface area contributed by atoms with E-state index in [0.29, 0.717) is 42.7 Å². The third-order valence-electron chi connectivity index (χ3n) is 12.9. The highest BCUT2D eigenvalue weighted by atomic mass is 16.5. The molecule has 1 aromatic heterocycles. The standard InChI is InChI=1S/C33H42N6O4.C10H12O.C3H6/c1-36(27-5-6-31(41)35-32(27)42)17-24-14-28-29(15-25(24)19-40)43-20-26-18-37(12-13-39(26)28)16-23-7-9-33(10-8-23)21-38(22-33)30-4-2-3-11-34-30;11-10-6-5-8-3-1-2-4-9(8)7-10;1-3-2/h2-4,11,14-15,19,23,26-27H,5-10,12-13,16-18,20-22H2,1H3,(H,35,41,42);5-7,11H,1-4H2;3H,1H2,2H3. The number of aromatic hydroxyl groups is 1. The molecule has 4 aliphatic heterocycles. The molecule has 11 nitrogen and oxygen atoms in total. The molecule has 2 aliphatic carbocycles. The van der Waals surface area contributed by atoms with Gasteiger partial charge in [-0.3, -0.25) is 29.5 Å². The molecule has 2 atom stereocenters. The lowest BCUT2D eigenvalue weighted by molar-refractivity contribution is -0.137. The molecule has 6 aliphatic rings. The summed E-state index contributed by atoms with van der Waals surface area (Å²) in [6.07, 6.45) is 15.5. The van der Waals surface area contributed by atoms with Gasteiger partial charge >= 0.3 is 0 Å². The molecule has 2 amide bonds. The lowest BCUT2D eigenvalue weighted by Crippen LogP contribution is -2.59. The molecule has 4 fully saturated rings. The van der Waals surface area contributed by atoms with Crippen LogP contribution in [0.4, 0.5) is 11.5 Å². The lowest BCUT2D eigenvalue weighted by Gasteiger charge is -2.54. The van der Waals surface area contributed by atoms with E-state index in [1.165, 1.54) is 56.1 Å². The van der Waals surface area contributed by atoms with Crippen LogP contribution in [0, 0.1) is 11.3 Å². The number of piperazine rings is 1. The molecule has 2 unspecified atom stereocenters. The molecule has 1 saturated carbocycles. The Morgan fingerprint density at radius 2 is 1.79 bits per heavy atom. The van der Waals surface area contributed by atoms with E-state index in [-0.39, 0.29) is 23.9 Å². The Morgan fingerprint density at radius 1 is 1.02 bits per heavy atom. The zero-order chi connectivity index (χ0) is 39.9. The molecule has 11 heteroatoms. The average molecular weight is 777 g/mol. The minimum absolute atomic E-state index is 0.224. The van der Waals surface area contributed by atoms with Crippen molar-refractivity contribution in [3.63, 3.8) is 0 Å². The number of benzene rings is 2. The molecular weight excluding hydrogens is 717 g/mol. The quantitative estimate of drug-likeness (QED) is 0.164. The second kappa shape index (κ2) is 18.2. The Kier molecular flexibility index (Phi) is 12.9. The van der Waals surface area contributed by atoms with Crippen molar-refractivity contribution >= 4 is 29.6 Å². The summed E-state index contributed by atoms with van der Waals surface area (Å²) >= 11 is 0. The predicted molar refractivity (Wildman–Crippen MR) is 224 cm³/mol. The van der Waals surface area contributed by atoms with Crippen molar-refractivity contribution in [2.45, 2.75) is 89.8 Å². The first kappa shape index (κ1) is 40.5. The third-order valence-corrected chi connectivity index (χ3v) is 12.9. The van der Waals surface area contributed by atoms with Gasteiger partial charge in [0.15, 0.2) is 6.29 Å². The van der Waals surface area contributed by atoms with Gasteiger partial charge in [-0.2, -0.15) is 0 Å². The summed E-state index contributed by atoms with van der Waals surface area (Å²) in [5.74, 6) is 2.54. The first-order valence-corrected chi connectivity index (χ1v) is 21.0. The molecule has 0 bridgehead atoms. The molecule has 0 radical (unpaired) electrons. The first-order chi connectivity index (χ1) is 27.7. The highest BCUT2D eigenvalue weighted by molar-refractivity contribution is 6.00. The number of phenolic OH excluding ortho intramolecular Hbond substituents is 1. The Labute approximate surface area is 338 Å². The zero-order valence-corrected chi connectivity index (χ0v) is 33.8. The third kappa shape index (κ3) is 9.53. The Morgan fingerprint density at radius 3 is 2.51 bits per heavy atom. The number of allylic oxidation sites excluding steroid dienone is 1. The lowest BCUT2D eigenvalue weighted by atomic mass is 9.66. The van der Waals surface area contributed by atoms with E-state index in [4.69, 9.17) is 4.74 Å². The Hall–Kier alpha value is -4.74. The fourth-order valence-corrected chi connectivity index (χ4v) is 9.77. The number of ether oxygens (including phenoxy) is 1. The fraction of sp³-hybridized carbons (Fsp3) is 0.522. The number of anilines is 2. The van der Waals surface area contributed by atoms with E-state index in [9.17, 15) is 19.5 Å².